The third kappa shape index (κ3) is 6.39. The van der Waals surface area contributed by atoms with Crippen LogP contribution in [0.25, 0.3) is 0 Å². The molecule has 1 aliphatic rings. The lowest BCUT2D eigenvalue weighted by Crippen LogP contribution is -2.40. The van der Waals surface area contributed by atoms with Gasteiger partial charge in [0.2, 0.25) is 15.9 Å². The van der Waals surface area contributed by atoms with Gasteiger partial charge in [0.25, 0.3) is 0 Å². The molecule has 0 aromatic heterocycles. The van der Waals surface area contributed by atoms with Crippen LogP contribution < -0.4 is 14.8 Å². The fourth-order valence-corrected chi connectivity index (χ4v) is 5.11. The Kier molecular flexibility index (Phi) is 8.02. The summed E-state index contributed by atoms with van der Waals surface area (Å²) in [7, 11) is -2.14. The molecule has 4 rings (SSSR count). The SMILES string of the molecule is COc1ccc(CCC(=O)Nc2cc(S(=O)(=O)N3CCOCC3)ccc2Oc2ccccc2)cc1. The van der Waals surface area contributed by atoms with Crippen molar-refractivity contribution < 1.29 is 27.4 Å². The topological polar surface area (TPSA) is 94.2 Å². The number of rotatable bonds is 9. The van der Waals surface area contributed by atoms with Crippen molar-refractivity contribution in [1.29, 1.82) is 0 Å². The lowest BCUT2D eigenvalue weighted by atomic mass is 10.1. The van der Waals surface area contributed by atoms with Gasteiger partial charge in [-0.05, 0) is 54.4 Å². The predicted octanol–water partition coefficient (Wildman–Crippen LogP) is 4.08. The van der Waals surface area contributed by atoms with Crippen LogP contribution in [0.4, 0.5) is 5.69 Å². The zero-order valence-electron chi connectivity index (χ0n) is 19.5. The van der Waals surface area contributed by atoms with Crippen molar-refractivity contribution in [2.24, 2.45) is 0 Å². The second kappa shape index (κ2) is 11.4. The van der Waals surface area contributed by atoms with Gasteiger partial charge in [-0.15, -0.1) is 0 Å². The Bertz CT molecular complexity index is 1240. The van der Waals surface area contributed by atoms with E-state index in [1.807, 2.05) is 42.5 Å². The first-order valence-electron chi connectivity index (χ1n) is 11.3. The van der Waals surface area contributed by atoms with Crippen LogP contribution in [0.15, 0.2) is 77.7 Å². The number of aryl methyl sites for hydroxylation is 1. The number of morpholine rings is 1. The van der Waals surface area contributed by atoms with E-state index in [-0.39, 0.29) is 30.3 Å². The van der Waals surface area contributed by atoms with Crippen molar-refractivity contribution in [2.75, 3.05) is 38.7 Å². The van der Waals surface area contributed by atoms with E-state index in [1.54, 1.807) is 25.3 Å². The van der Waals surface area contributed by atoms with Crippen molar-refractivity contribution in [2.45, 2.75) is 17.7 Å². The molecule has 1 aliphatic heterocycles. The van der Waals surface area contributed by atoms with Crippen LogP contribution in [0.5, 0.6) is 17.2 Å². The number of nitrogens with one attached hydrogen (secondary N) is 1. The van der Waals surface area contributed by atoms with Gasteiger partial charge < -0.3 is 19.5 Å². The number of amides is 1. The maximum Gasteiger partial charge on any atom is 0.243 e. The molecule has 0 saturated carbocycles. The highest BCUT2D eigenvalue weighted by Gasteiger charge is 2.27. The molecule has 1 fully saturated rings. The number of hydrogen-bond acceptors (Lipinski definition) is 6. The summed E-state index contributed by atoms with van der Waals surface area (Å²) in [4.78, 5) is 12.9. The molecule has 9 heteroatoms. The highest BCUT2D eigenvalue weighted by molar-refractivity contribution is 7.89. The van der Waals surface area contributed by atoms with E-state index in [1.165, 1.54) is 16.4 Å². The lowest BCUT2D eigenvalue weighted by Gasteiger charge is -2.26. The predicted molar refractivity (Wildman–Crippen MR) is 132 cm³/mol. The zero-order valence-corrected chi connectivity index (χ0v) is 20.3. The molecule has 8 nitrogen and oxygen atoms in total. The largest absolute Gasteiger partial charge is 0.497 e. The van der Waals surface area contributed by atoms with E-state index in [2.05, 4.69) is 5.32 Å². The Balaban J connectivity index is 1.54. The number of ether oxygens (including phenoxy) is 3. The minimum Gasteiger partial charge on any atom is -0.497 e. The molecule has 0 spiro atoms. The number of anilines is 1. The first kappa shape index (κ1) is 24.7. The van der Waals surface area contributed by atoms with E-state index < -0.39 is 10.0 Å². The number of methoxy groups -OCH3 is 1. The van der Waals surface area contributed by atoms with E-state index in [4.69, 9.17) is 14.2 Å². The Morgan fingerprint density at radius 3 is 2.37 bits per heavy atom. The second-order valence-electron chi connectivity index (χ2n) is 7.99. The van der Waals surface area contributed by atoms with Gasteiger partial charge in [0.1, 0.15) is 11.5 Å². The summed E-state index contributed by atoms with van der Waals surface area (Å²) in [5, 5.41) is 2.84. The number of hydrogen-bond donors (Lipinski definition) is 1. The van der Waals surface area contributed by atoms with Gasteiger partial charge in [-0.3, -0.25) is 4.79 Å². The molecular formula is C26H28N2O6S. The van der Waals surface area contributed by atoms with Crippen LogP contribution >= 0.6 is 0 Å². The summed E-state index contributed by atoms with van der Waals surface area (Å²) >= 11 is 0. The Hall–Kier alpha value is -3.40. The number of para-hydroxylation sites is 1. The molecule has 1 saturated heterocycles. The molecule has 184 valence electrons. The molecule has 3 aromatic carbocycles. The highest BCUT2D eigenvalue weighted by Crippen LogP contribution is 2.33. The maximum absolute atomic E-state index is 13.2. The highest BCUT2D eigenvalue weighted by atomic mass is 32.2. The van der Waals surface area contributed by atoms with Gasteiger partial charge in [-0.2, -0.15) is 4.31 Å². The average molecular weight is 497 g/mol. The average Bonchev–Trinajstić information content (AvgIpc) is 2.90. The number of carbonyl (C=O) groups excluding carboxylic acids is 1. The van der Waals surface area contributed by atoms with Crippen LogP contribution in [0, 0.1) is 0 Å². The molecule has 0 aliphatic carbocycles. The summed E-state index contributed by atoms with van der Waals surface area (Å²) in [6.07, 6.45) is 0.744. The third-order valence-electron chi connectivity index (χ3n) is 5.60. The Morgan fingerprint density at radius 1 is 0.971 bits per heavy atom. The quantitative estimate of drug-likeness (QED) is 0.480. The normalized spacial score (nSPS) is 14.3. The van der Waals surface area contributed by atoms with Crippen molar-refractivity contribution in [3.05, 3.63) is 78.4 Å². The van der Waals surface area contributed by atoms with Crippen molar-refractivity contribution in [3.8, 4) is 17.2 Å². The van der Waals surface area contributed by atoms with E-state index >= 15 is 0 Å². The number of nitrogens with zero attached hydrogens (tertiary/aromatic N) is 1. The molecule has 0 bridgehead atoms. The van der Waals surface area contributed by atoms with Gasteiger partial charge in [0.05, 0.1) is 30.9 Å². The maximum atomic E-state index is 13.2. The van der Waals surface area contributed by atoms with Gasteiger partial charge in [-0.1, -0.05) is 30.3 Å². The van der Waals surface area contributed by atoms with Crippen LogP contribution in [-0.2, 0) is 26.0 Å². The molecule has 1 heterocycles. The fraction of sp³-hybridized carbons (Fsp3) is 0.269. The van der Waals surface area contributed by atoms with Crippen LogP contribution in [0.2, 0.25) is 0 Å². The Labute approximate surface area is 205 Å². The minimum atomic E-state index is -3.74. The zero-order chi connectivity index (χ0) is 24.7. The van der Waals surface area contributed by atoms with E-state index in [9.17, 15) is 13.2 Å². The van der Waals surface area contributed by atoms with E-state index in [0.29, 0.717) is 36.8 Å². The number of benzene rings is 3. The van der Waals surface area contributed by atoms with Crippen LogP contribution in [-0.4, -0.2) is 52.0 Å². The van der Waals surface area contributed by atoms with Crippen molar-refractivity contribution in [3.63, 3.8) is 0 Å². The Morgan fingerprint density at radius 2 is 1.69 bits per heavy atom. The molecule has 1 amide bonds. The summed E-state index contributed by atoms with van der Waals surface area (Å²) < 4.78 is 44.1. The summed E-state index contributed by atoms with van der Waals surface area (Å²) in [6, 6.07) is 21.1. The molecule has 0 unspecified atom stereocenters. The molecule has 1 N–H and O–H groups in total. The molecular weight excluding hydrogens is 468 g/mol. The van der Waals surface area contributed by atoms with Crippen LogP contribution in [0.1, 0.15) is 12.0 Å². The lowest BCUT2D eigenvalue weighted by molar-refractivity contribution is -0.116. The van der Waals surface area contributed by atoms with Crippen molar-refractivity contribution >= 4 is 21.6 Å². The first-order chi connectivity index (χ1) is 17.0. The number of sulfonamides is 1. The summed E-state index contributed by atoms with van der Waals surface area (Å²) in [6.45, 7) is 1.27. The monoisotopic (exact) mass is 496 g/mol. The van der Waals surface area contributed by atoms with Gasteiger partial charge >= 0.3 is 0 Å². The van der Waals surface area contributed by atoms with Crippen LogP contribution in [0.3, 0.4) is 0 Å². The number of carbonyl (C=O) groups is 1. The molecule has 0 radical (unpaired) electrons. The molecule has 35 heavy (non-hydrogen) atoms. The summed E-state index contributed by atoms with van der Waals surface area (Å²) in [5.41, 5.74) is 1.29. The van der Waals surface area contributed by atoms with E-state index in [0.717, 1.165) is 11.3 Å². The summed E-state index contributed by atoms with van der Waals surface area (Å²) in [5.74, 6) is 1.43. The standard InChI is InChI=1S/C26H28N2O6S/c1-32-21-10-7-20(8-11-21)9-14-26(29)27-24-19-23(35(30,31)28-15-17-33-18-16-28)12-13-25(24)34-22-5-3-2-4-6-22/h2-8,10-13,19H,9,14-18H2,1H3,(H,27,29). The minimum absolute atomic E-state index is 0.0882. The second-order valence-corrected chi connectivity index (χ2v) is 9.92. The first-order valence-corrected chi connectivity index (χ1v) is 12.8. The van der Waals surface area contributed by atoms with Gasteiger partial charge in [0, 0.05) is 19.5 Å². The van der Waals surface area contributed by atoms with Gasteiger partial charge in [0.15, 0.2) is 5.75 Å². The molecule has 3 aromatic rings. The van der Waals surface area contributed by atoms with Gasteiger partial charge in [-0.25, -0.2) is 8.42 Å². The third-order valence-corrected chi connectivity index (χ3v) is 7.50. The molecule has 0 atom stereocenters. The fourth-order valence-electron chi connectivity index (χ4n) is 3.67. The smallest absolute Gasteiger partial charge is 0.243 e. The van der Waals surface area contributed by atoms with Crippen molar-refractivity contribution in [1.82, 2.24) is 4.31 Å².